The molecular formula is C36H45F3N2O13. The summed E-state index contributed by atoms with van der Waals surface area (Å²) in [4.78, 5) is 41.9. The normalized spacial score (nSPS) is 15.8. The van der Waals surface area contributed by atoms with Gasteiger partial charge in [0.15, 0.2) is 6.10 Å². The number of carbonyl (C=O) groups is 2. The SMILES string of the molecule is C[C@@](OCCOCCOCCOCCOCCOCCOCCO)(C(=O)O)C1CN(c2ccc3cc(-c4ccccc4C(F)(F)F)[nH]c(=O)c3c2)C(=O)O1. The van der Waals surface area contributed by atoms with E-state index in [2.05, 4.69) is 4.98 Å². The molecule has 2 aromatic carbocycles. The average molecular weight is 771 g/mol. The van der Waals surface area contributed by atoms with E-state index in [4.69, 9.17) is 43.0 Å². The fourth-order valence-electron chi connectivity index (χ4n) is 5.36. The van der Waals surface area contributed by atoms with Crippen LogP contribution in [0.15, 0.2) is 53.3 Å². The number of alkyl halides is 3. The standard InChI is InChI=1S/C36H45F3N2O13/c1-35(33(44)45,53-21-20-52-19-18-51-17-16-50-15-14-49-13-12-48-11-10-47-9-8-42)31-24-41(34(46)54-31)26-7-6-25-22-30(40-32(43)28(25)23-26)27-4-2-3-5-29(27)36(37,38)39/h2-7,22-23,31,42H,8-21,24H2,1H3,(H,40,43)(H,44,45)/t31?,35-/m0/s1. The van der Waals surface area contributed by atoms with Gasteiger partial charge in [0, 0.05) is 22.3 Å². The van der Waals surface area contributed by atoms with Crippen molar-refractivity contribution in [1.82, 2.24) is 4.98 Å². The molecule has 3 N–H and O–H groups in total. The van der Waals surface area contributed by atoms with E-state index in [1.54, 1.807) is 0 Å². The van der Waals surface area contributed by atoms with Crippen molar-refractivity contribution in [3.63, 3.8) is 0 Å². The lowest BCUT2D eigenvalue weighted by atomic mass is 9.98. The van der Waals surface area contributed by atoms with Gasteiger partial charge >= 0.3 is 18.2 Å². The van der Waals surface area contributed by atoms with Gasteiger partial charge in [0.1, 0.15) is 0 Å². The summed E-state index contributed by atoms with van der Waals surface area (Å²) in [6, 6.07) is 10.6. The Hall–Kier alpha value is -4.14. The molecule has 0 saturated carbocycles. The van der Waals surface area contributed by atoms with Gasteiger partial charge in [-0.15, -0.1) is 0 Å². The summed E-state index contributed by atoms with van der Waals surface area (Å²) in [6.45, 7) is 4.89. The molecule has 0 spiro atoms. The van der Waals surface area contributed by atoms with E-state index in [9.17, 15) is 32.7 Å². The Kier molecular flexibility index (Phi) is 16.6. The second-order valence-electron chi connectivity index (χ2n) is 12.0. The Balaban J connectivity index is 1.17. The topological polar surface area (TPSA) is 185 Å². The number of nitrogens with one attached hydrogen (secondary N) is 1. The molecule has 1 aromatic heterocycles. The fraction of sp³-hybridized carbons (Fsp3) is 0.528. The van der Waals surface area contributed by atoms with Crippen molar-refractivity contribution < 1.29 is 70.9 Å². The number of aliphatic carboxylic acids is 1. The molecule has 2 atom stereocenters. The van der Waals surface area contributed by atoms with Gasteiger partial charge in [0.25, 0.3) is 5.56 Å². The molecule has 0 bridgehead atoms. The minimum atomic E-state index is -4.64. The number of carboxylic acid groups (broad SMARTS) is 1. The van der Waals surface area contributed by atoms with Crippen LogP contribution in [-0.2, 0) is 48.9 Å². The highest BCUT2D eigenvalue weighted by Gasteiger charge is 2.51. The number of hydrogen-bond acceptors (Lipinski definition) is 12. The number of ether oxygens (including phenoxy) is 8. The third-order valence-electron chi connectivity index (χ3n) is 8.24. The number of aromatic amines is 1. The number of halogens is 3. The Labute approximate surface area is 308 Å². The lowest BCUT2D eigenvalue weighted by Crippen LogP contribution is -2.51. The minimum absolute atomic E-state index is 0.0200. The molecule has 1 fully saturated rings. The first kappa shape index (κ1) is 42.6. The van der Waals surface area contributed by atoms with Crippen molar-refractivity contribution in [3.05, 3.63) is 64.4 Å². The molecule has 0 radical (unpaired) electrons. The van der Waals surface area contributed by atoms with Gasteiger partial charge in [-0.3, -0.25) is 9.69 Å². The Morgan fingerprint density at radius 3 is 1.89 bits per heavy atom. The van der Waals surface area contributed by atoms with Crippen LogP contribution in [0.5, 0.6) is 0 Å². The number of cyclic esters (lactones) is 1. The van der Waals surface area contributed by atoms with Crippen LogP contribution in [0.25, 0.3) is 22.0 Å². The predicted octanol–water partition coefficient (Wildman–Crippen LogP) is 3.49. The Morgan fingerprint density at radius 1 is 0.815 bits per heavy atom. The first-order chi connectivity index (χ1) is 26.0. The highest BCUT2D eigenvalue weighted by atomic mass is 19.4. The first-order valence-corrected chi connectivity index (χ1v) is 17.2. The van der Waals surface area contributed by atoms with Crippen molar-refractivity contribution in [1.29, 1.82) is 0 Å². The number of hydrogen-bond donors (Lipinski definition) is 3. The summed E-state index contributed by atoms with van der Waals surface area (Å²) in [7, 11) is 0. The number of carboxylic acids is 1. The maximum atomic E-state index is 13.6. The van der Waals surface area contributed by atoms with Crippen LogP contribution >= 0.6 is 0 Å². The van der Waals surface area contributed by atoms with Gasteiger partial charge in [-0.1, -0.05) is 24.3 Å². The quantitative estimate of drug-likeness (QED) is 0.107. The van der Waals surface area contributed by atoms with Crippen LogP contribution in [0.1, 0.15) is 12.5 Å². The third kappa shape index (κ3) is 12.2. The molecule has 1 amide bonds. The van der Waals surface area contributed by atoms with Crippen molar-refractivity contribution in [2.75, 3.05) is 104 Å². The average Bonchev–Trinajstić information content (AvgIpc) is 3.55. The van der Waals surface area contributed by atoms with Gasteiger partial charge in [0.2, 0.25) is 5.60 Å². The smallest absolute Gasteiger partial charge is 0.417 e. The van der Waals surface area contributed by atoms with E-state index in [0.717, 1.165) is 11.0 Å². The van der Waals surface area contributed by atoms with Crippen LogP contribution < -0.4 is 10.5 Å². The van der Waals surface area contributed by atoms with Crippen molar-refractivity contribution in [2.24, 2.45) is 0 Å². The zero-order valence-electron chi connectivity index (χ0n) is 29.8. The molecule has 4 rings (SSSR count). The Bertz CT molecular complexity index is 1710. The number of pyridine rings is 1. The van der Waals surface area contributed by atoms with Crippen molar-refractivity contribution in [2.45, 2.75) is 24.8 Å². The maximum absolute atomic E-state index is 13.6. The van der Waals surface area contributed by atoms with Gasteiger partial charge in [-0.2, -0.15) is 13.2 Å². The number of amides is 1. The molecule has 54 heavy (non-hydrogen) atoms. The summed E-state index contributed by atoms with van der Waals surface area (Å²) >= 11 is 0. The highest BCUT2D eigenvalue weighted by molar-refractivity contribution is 5.95. The highest BCUT2D eigenvalue weighted by Crippen LogP contribution is 2.37. The lowest BCUT2D eigenvalue weighted by molar-refractivity contribution is -0.178. The monoisotopic (exact) mass is 770 g/mol. The van der Waals surface area contributed by atoms with Gasteiger partial charge in [0.05, 0.1) is 105 Å². The zero-order chi connectivity index (χ0) is 39.0. The summed E-state index contributed by atoms with van der Waals surface area (Å²) in [5, 5.41) is 19.1. The molecule has 15 nitrogen and oxygen atoms in total. The molecule has 18 heteroatoms. The number of aromatic nitrogens is 1. The summed E-state index contributed by atoms with van der Waals surface area (Å²) in [5.41, 5.74) is -3.52. The maximum Gasteiger partial charge on any atom is 0.417 e. The third-order valence-corrected chi connectivity index (χ3v) is 8.24. The van der Waals surface area contributed by atoms with E-state index in [1.807, 2.05) is 0 Å². The number of H-pyrrole nitrogens is 1. The molecule has 298 valence electrons. The lowest BCUT2D eigenvalue weighted by Gasteiger charge is -2.29. The summed E-state index contributed by atoms with van der Waals surface area (Å²) in [6.07, 6.45) is -6.74. The van der Waals surface area contributed by atoms with Crippen LogP contribution in [0.4, 0.5) is 23.7 Å². The summed E-state index contributed by atoms with van der Waals surface area (Å²) in [5.74, 6) is -1.37. The number of nitrogens with zero attached hydrogens (tertiary/aromatic N) is 1. The van der Waals surface area contributed by atoms with Gasteiger partial charge in [-0.05, 0) is 36.6 Å². The van der Waals surface area contributed by atoms with E-state index < -0.39 is 41.1 Å². The van der Waals surface area contributed by atoms with Gasteiger partial charge < -0.3 is 53.1 Å². The van der Waals surface area contributed by atoms with E-state index in [0.29, 0.717) is 58.2 Å². The molecule has 1 unspecified atom stereocenters. The first-order valence-electron chi connectivity index (χ1n) is 17.2. The van der Waals surface area contributed by atoms with Crippen molar-refractivity contribution in [3.8, 4) is 11.3 Å². The number of carbonyl (C=O) groups excluding carboxylic acids is 1. The minimum Gasteiger partial charge on any atom is -0.479 e. The molecular weight excluding hydrogens is 725 g/mol. The second kappa shape index (κ2) is 21.1. The number of anilines is 1. The number of aliphatic hydroxyl groups excluding tert-OH is 1. The van der Waals surface area contributed by atoms with Gasteiger partial charge in [-0.25, -0.2) is 9.59 Å². The van der Waals surface area contributed by atoms with Crippen LogP contribution in [0, 0.1) is 0 Å². The number of fused-ring (bicyclic) bond motifs is 1. The Morgan fingerprint density at radius 2 is 1.35 bits per heavy atom. The molecule has 2 heterocycles. The molecule has 1 saturated heterocycles. The fourth-order valence-corrected chi connectivity index (χ4v) is 5.36. The van der Waals surface area contributed by atoms with Crippen LogP contribution in [0.3, 0.4) is 0 Å². The largest absolute Gasteiger partial charge is 0.479 e. The number of benzene rings is 2. The molecule has 3 aromatic rings. The number of rotatable bonds is 25. The molecule has 1 aliphatic heterocycles. The molecule has 0 aliphatic carbocycles. The van der Waals surface area contributed by atoms with E-state index >= 15 is 0 Å². The predicted molar refractivity (Wildman–Crippen MR) is 187 cm³/mol. The zero-order valence-corrected chi connectivity index (χ0v) is 29.8. The summed E-state index contributed by atoms with van der Waals surface area (Å²) < 4.78 is 84.0. The molecule has 1 aliphatic rings. The van der Waals surface area contributed by atoms with Crippen molar-refractivity contribution >= 4 is 28.5 Å². The number of aliphatic hydroxyl groups is 1. The second-order valence-corrected chi connectivity index (χ2v) is 12.0. The van der Waals surface area contributed by atoms with E-state index in [-0.39, 0.29) is 68.5 Å². The van der Waals surface area contributed by atoms with E-state index in [1.165, 1.54) is 49.4 Å². The van der Waals surface area contributed by atoms with Crippen LogP contribution in [-0.4, -0.2) is 138 Å². The van der Waals surface area contributed by atoms with Crippen LogP contribution in [0.2, 0.25) is 0 Å².